The van der Waals surface area contributed by atoms with E-state index in [1.54, 1.807) is 25.1 Å². The molecule has 0 spiro atoms. The monoisotopic (exact) mass is 237 g/mol. The zero-order chi connectivity index (χ0) is 12.6. The summed E-state index contributed by atoms with van der Waals surface area (Å²) in [6.07, 6.45) is 0. The van der Waals surface area contributed by atoms with Crippen molar-refractivity contribution < 1.29 is 13.2 Å². The number of nitrogens with two attached hydrogens (primary N) is 1. The smallest absolute Gasteiger partial charge is 0.161 e. The van der Waals surface area contributed by atoms with E-state index in [0.717, 1.165) is 11.6 Å². The maximum Gasteiger partial charge on any atom is 0.161 e. The standard InChI is InChI=1S/C13H10F3N/c1-7-4-8(2-3-13(7)17)9-5-11(15)12(16)6-10(9)14/h2-6H,17H2,1H3. The van der Waals surface area contributed by atoms with Crippen molar-refractivity contribution in [3.8, 4) is 11.1 Å². The average molecular weight is 237 g/mol. The Kier molecular flexibility index (Phi) is 2.79. The van der Waals surface area contributed by atoms with Crippen LogP contribution in [0.3, 0.4) is 0 Å². The van der Waals surface area contributed by atoms with Crippen LogP contribution in [0.15, 0.2) is 30.3 Å². The average Bonchev–Trinajstić information content (AvgIpc) is 2.27. The molecule has 2 aromatic carbocycles. The third-order valence-electron chi connectivity index (χ3n) is 2.59. The molecule has 0 aliphatic carbocycles. The highest BCUT2D eigenvalue weighted by atomic mass is 19.2. The molecule has 0 bridgehead atoms. The van der Waals surface area contributed by atoms with Gasteiger partial charge in [0.25, 0.3) is 0 Å². The van der Waals surface area contributed by atoms with Gasteiger partial charge in [-0.3, -0.25) is 0 Å². The van der Waals surface area contributed by atoms with Crippen molar-refractivity contribution in [3.63, 3.8) is 0 Å². The Morgan fingerprint density at radius 3 is 2.18 bits per heavy atom. The van der Waals surface area contributed by atoms with Gasteiger partial charge in [-0.2, -0.15) is 0 Å². The molecule has 0 heterocycles. The predicted molar refractivity (Wildman–Crippen MR) is 60.9 cm³/mol. The first kappa shape index (κ1) is 11.5. The first-order chi connectivity index (χ1) is 7.99. The Hall–Kier alpha value is -1.97. The third-order valence-corrected chi connectivity index (χ3v) is 2.59. The van der Waals surface area contributed by atoms with Crippen molar-refractivity contribution in [2.24, 2.45) is 0 Å². The minimum absolute atomic E-state index is 0.0204. The van der Waals surface area contributed by atoms with Gasteiger partial charge >= 0.3 is 0 Å². The van der Waals surface area contributed by atoms with E-state index in [4.69, 9.17) is 5.73 Å². The summed E-state index contributed by atoms with van der Waals surface area (Å²) in [6.45, 7) is 1.76. The largest absolute Gasteiger partial charge is 0.399 e. The van der Waals surface area contributed by atoms with Crippen LogP contribution in [0, 0.1) is 24.4 Å². The summed E-state index contributed by atoms with van der Waals surface area (Å²) in [5, 5.41) is 0. The zero-order valence-electron chi connectivity index (χ0n) is 9.10. The molecule has 0 fully saturated rings. The van der Waals surface area contributed by atoms with Crippen molar-refractivity contribution in [3.05, 3.63) is 53.3 Å². The molecule has 0 aliphatic rings. The zero-order valence-corrected chi connectivity index (χ0v) is 9.10. The van der Waals surface area contributed by atoms with Gasteiger partial charge in [0, 0.05) is 17.3 Å². The van der Waals surface area contributed by atoms with Gasteiger partial charge in [-0.1, -0.05) is 6.07 Å². The summed E-state index contributed by atoms with van der Waals surface area (Å²) in [5.41, 5.74) is 7.44. The molecule has 0 radical (unpaired) electrons. The van der Waals surface area contributed by atoms with Crippen LogP contribution < -0.4 is 5.73 Å². The van der Waals surface area contributed by atoms with E-state index < -0.39 is 17.5 Å². The van der Waals surface area contributed by atoms with E-state index in [0.29, 0.717) is 17.3 Å². The van der Waals surface area contributed by atoms with E-state index >= 15 is 0 Å². The topological polar surface area (TPSA) is 26.0 Å². The fourth-order valence-electron chi connectivity index (χ4n) is 1.59. The molecule has 0 atom stereocenters. The van der Waals surface area contributed by atoms with Crippen LogP contribution in [0.4, 0.5) is 18.9 Å². The normalized spacial score (nSPS) is 10.6. The van der Waals surface area contributed by atoms with Crippen molar-refractivity contribution in [1.29, 1.82) is 0 Å². The number of hydrogen-bond acceptors (Lipinski definition) is 1. The Bertz CT molecular complexity index is 579. The van der Waals surface area contributed by atoms with Crippen LogP contribution in [0.2, 0.25) is 0 Å². The van der Waals surface area contributed by atoms with E-state index in [2.05, 4.69) is 0 Å². The maximum absolute atomic E-state index is 13.5. The van der Waals surface area contributed by atoms with Gasteiger partial charge in [-0.05, 0) is 36.2 Å². The van der Waals surface area contributed by atoms with E-state index in [-0.39, 0.29) is 5.56 Å². The molecule has 17 heavy (non-hydrogen) atoms. The van der Waals surface area contributed by atoms with Gasteiger partial charge in [-0.15, -0.1) is 0 Å². The molecule has 88 valence electrons. The highest BCUT2D eigenvalue weighted by molar-refractivity contribution is 5.68. The summed E-state index contributed by atoms with van der Waals surface area (Å²) in [4.78, 5) is 0. The van der Waals surface area contributed by atoms with Crippen LogP contribution in [-0.4, -0.2) is 0 Å². The van der Waals surface area contributed by atoms with Crippen molar-refractivity contribution in [1.82, 2.24) is 0 Å². The number of aryl methyl sites for hydroxylation is 1. The van der Waals surface area contributed by atoms with Crippen LogP contribution in [0.5, 0.6) is 0 Å². The van der Waals surface area contributed by atoms with Gasteiger partial charge < -0.3 is 5.73 Å². The lowest BCUT2D eigenvalue weighted by molar-refractivity contribution is 0.496. The third kappa shape index (κ3) is 2.11. The lowest BCUT2D eigenvalue weighted by Gasteiger charge is -2.07. The number of hydrogen-bond donors (Lipinski definition) is 1. The Balaban J connectivity index is 2.60. The molecule has 2 aromatic rings. The second kappa shape index (κ2) is 4.13. The van der Waals surface area contributed by atoms with Crippen LogP contribution >= 0.6 is 0 Å². The van der Waals surface area contributed by atoms with E-state index in [1.807, 2.05) is 0 Å². The summed E-state index contributed by atoms with van der Waals surface area (Å²) in [7, 11) is 0. The SMILES string of the molecule is Cc1cc(-c2cc(F)c(F)cc2F)ccc1N. The molecule has 0 unspecified atom stereocenters. The molecule has 1 nitrogen and oxygen atoms in total. The minimum atomic E-state index is -1.20. The molecule has 2 N–H and O–H groups in total. The van der Waals surface area contributed by atoms with E-state index in [9.17, 15) is 13.2 Å². The van der Waals surface area contributed by atoms with Crippen LogP contribution in [0.1, 0.15) is 5.56 Å². The first-order valence-electron chi connectivity index (χ1n) is 5.00. The quantitative estimate of drug-likeness (QED) is 0.594. The highest BCUT2D eigenvalue weighted by Crippen LogP contribution is 2.27. The second-order valence-electron chi connectivity index (χ2n) is 3.82. The fourth-order valence-corrected chi connectivity index (χ4v) is 1.59. The molecule has 2 rings (SSSR count). The minimum Gasteiger partial charge on any atom is -0.399 e. The number of benzene rings is 2. The number of rotatable bonds is 1. The number of halogens is 3. The van der Waals surface area contributed by atoms with Crippen molar-refractivity contribution in [2.45, 2.75) is 6.92 Å². The molecular weight excluding hydrogens is 227 g/mol. The molecule has 0 amide bonds. The van der Waals surface area contributed by atoms with Gasteiger partial charge in [-0.25, -0.2) is 13.2 Å². The summed E-state index contributed by atoms with van der Waals surface area (Å²) in [6, 6.07) is 6.18. The Morgan fingerprint density at radius 1 is 0.882 bits per heavy atom. The lowest BCUT2D eigenvalue weighted by atomic mass is 10.0. The summed E-state index contributed by atoms with van der Waals surface area (Å²) < 4.78 is 39.4. The van der Waals surface area contributed by atoms with E-state index in [1.165, 1.54) is 0 Å². The summed E-state index contributed by atoms with van der Waals surface area (Å²) >= 11 is 0. The molecule has 0 saturated carbocycles. The Morgan fingerprint density at radius 2 is 1.53 bits per heavy atom. The maximum atomic E-state index is 13.5. The predicted octanol–water partition coefficient (Wildman–Crippen LogP) is 3.66. The molecule has 4 heteroatoms. The lowest BCUT2D eigenvalue weighted by Crippen LogP contribution is -1.93. The van der Waals surface area contributed by atoms with Gasteiger partial charge in [0.2, 0.25) is 0 Å². The molecule has 0 aliphatic heterocycles. The first-order valence-corrected chi connectivity index (χ1v) is 5.00. The summed E-state index contributed by atoms with van der Waals surface area (Å²) in [5.74, 6) is -3.07. The highest BCUT2D eigenvalue weighted by Gasteiger charge is 2.11. The van der Waals surface area contributed by atoms with Crippen LogP contribution in [-0.2, 0) is 0 Å². The van der Waals surface area contributed by atoms with Crippen LogP contribution in [0.25, 0.3) is 11.1 Å². The van der Waals surface area contributed by atoms with Crippen molar-refractivity contribution >= 4 is 5.69 Å². The number of anilines is 1. The molecule has 0 saturated heterocycles. The van der Waals surface area contributed by atoms with Gasteiger partial charge in [0.15, 0.2) is 11.6 Å². The van der Waals surface area contributed by atoms with Gasteiger partial charge in [0.05, 0.1) is 0 Å². The molecular formula is C13H10F3N. The second-order valence-corrected chi connectivity index (χ2v) is 3.82. The van der Waals surface area contributed by atoms with Gasteiger partial charge in [0.1, 0.15) is 5.82 Å². The molecule has 0 aromatic heterocycles. The number of nitrogen functional groups attached to an aromatic ring is 1. The van der Waals surface area contributed by atoms with Crippen molar-refractivity contribution in [2.75, 3.05) is 5.73 Å². The fraction of sp³-hybridized carbons (Fsp3) is 0.0769. The Labute approximate surface area is 96.7 Å².